The molecule has 132 valence electrons. The summed E-state index contributed by atoms with van der Waals surface area (Å²) >= 11 is 3.50. The largest absolute Gasteiger partial charge is 0.361 e. The van der Waals surface area contributed by atoms with Crippen molar-refractivity contribution in [1.82, 2.24) is 9.88 Å². The van der Waals surface area contributed by atoms with E-state index in [4.69, 9.17) is 0 Å². The molecule has 1 aromatic heterocycles. The smallest absolute Gasteiger partial charge is 0.0456 e. The highest BCUT2D eigenvalue weighted by Crippen LogP contribution is 2.33. The van der Waals surface area contributed by atoms with Crippen molar-refractivity contribution in [2.24, 2.45) is 0 Å². The van der Waals surface area contributed by atoms with E-state index in [1.54, 1.807) is 0 Å². The lowest BCUT2D eigenvalue weighted by Gasteiger charge is -2.32. The van der Waals surface area contributed by atoms with E-state index >= 15 is 0 Å². The van der Waals surface area contributed by atoms with E-state index in [9.17, 15) is 0 Å². The van der Waals surface area contributed by atoms with Crippen LogP contribution in [0.4, 0.5) is 0 Å². The number of hydrogen-bond acceptors (Lipinski definition) is 1. The second kappa shape index (κ2) is 8.39. The summed E-state index contributed by atoms with van der Waals surface area (Å²) in [5, 5.41) is 1.41. The Balaban J connectivity index is 0.00000182. The summed E-state index contributed by atoms with van der Waals surface area (Å²) < 4.78 is 1.16. The monoisotopic (exact) mass is 418 g/mol. The summed E-state index contributed by atoms with van der Waals surface area (Å²) in [6, 6.07) is 17.4. The maximum absolute atomic E-state index is 3.50. The number of piperidine rings is 1. The molecule has 25 heavy (non-hydrogen) atoms. The molecule has 2 heterocycles. The first kappa shape index (κ1) is 18.5. The third-order valence-electron chi connectivity index (χ3n) is 5.28. The molecular formula is C21H24BrClN2. The lowest BCUT2D eigenvalue weighted by Crippen LogP contribution is -2.34. The summed E-state index contributed by atoms with van der Waals surface area (Å²) in [5.74, 6) is 0.699. The third-order valence-corrected chi connectivity index (χ3v) is 5.81. The Hall–Kier alpha value is -1.29. The first-order valence-corrected chi connectivity index (χ1v) is 9.62. The fraction of sp³-hybridized carbons (Fsp3) is 0.333. The number of aromatic amines is 1. The van der Waals surface area contributed by atoms with Crippen molar-refractivity contribution in [3.05, 3.63) is 70.3 Å². The van der Waals surface area contributed by atoms with Gasteiger partial charge >= 0.3 is 0 Å². The van der Waals surface area contributed by atoms with Gasteiger partial charge in [-0.3, -0.25) is 0 Å². The number of fused-ring (bicyclic) bond motifs is 1. The van der Waals surface area contributed by atoms with Gasteiger partial charge in [-0.25, -0.2) is 0 Å². The van der Waals surface area contributed by atoms with Crippen LogP contribution in [-0.4, -0.2) is 29.5 Å². The zero-order valence-corrected chi connectivity index (χ0v) is 16.7. The van der Waals surface area contributed by atoms with Gasteiger partial charge in [0.1, 0.15) is 0 Å². The highest BCUT2D eigenvalue weighted by molar-refractivity contribution is 9.10. The molecule has 0 atom stereocenters. The summed E-state index contributed by atoms with van der Waals surface area (Å²) in [4.78, 5) is 6.05. The van der Waals surface area contributed by atoms with Gasteiger partial charge in [0.05, 0.1) is 0 Å². The Bertz CT molecular complexity index is 804. The first-order valence-electron chi connectivity index (χ1n) is 8.82. The number of likely N-dealkylation sites (tertiary alicyclic amines) is 1. The van der Waals surface area contributed by atoms with Crippen LogP contribution >= 0.6 is 28.3 Å². The summed E-state index contributed by atoms with van der Waals surface area (Å²) in [7, 11) is 0. The molecule has 0 spiro atoms. The number of H-pyrrole nitrogens is 1. The molecule has 0 aliphatic carbocycles. The Morgan fingerprint density at radius 2 is 1.72 bits per heavy atom. The normalized spacial score (nSPS) is 16.0. The van der Waals surface area contributed by atoms with Crippen LogP contribution in [0.25, 0.3) is 10.9 Å². The van der Waals surface area contributed by atoms with E-state index in [2.05, 4.69) is 80.5 Å². The lowest BCUT2D eigenvalue weighted by molar-refractivity contribution is 0.215. The zero-order valence-electron chi connectivity index (χ0n) is 14.2. The molecule has 0 radical (unpaired) electrons. The van der Waals surface area contributed by atoms with Gasteiger partial charge in [-0.05, 0) is 67.6 Å². The molecule has 1 saturated heterocycles. The molecular weight excluding hydrogens is 396 g/mol. The molecule has 1 fully saturated rings. The molecule has 0 amide bonds. The molecule has 2 nitrogen and oxygen atoms in total. The summed E-state index contributed by atoms with van der Waals surface area (Å²) in [5.41, 5.74) is 4.21. The number of nitrogens with one attached hydrogen (secondary N) is 1. The van der Waals surface area contributed by atoms with Crippen LogP contribution in [0.2, 0.25) is 0 Å². The van der Waals surface area contributed by atoms with Crippen LogP contribution in [-0.2, 0) is 6.42 Å². The molecule has 0 unspecified atom stereocenters. The van der Waals surface area contributed by atoms with E-state index in [0.29, 0.717) is 5.92 Å². The molecule has 0 saturated carbocycles. The zero-order chi connectivity index (χ0) is 16.4. The van der Waals surface area contributed by atoms with Crippen molar-refractivity contribution in [1.29, 1.82) is 0 Å². The lowest BCUT2D eigenvalue weighted by atomic mass is 9.89. The average Bonchev–Trinajstić information content (AvgIpc) is 3.06. The standard InChI is InChI=1S/C21H23BrN2.ClH/c22-18-7-5-16(6-8-18)9-12-24-13-10-17(11-14-24)20-15-23-21-4-2-1-3-19(20)21;/h1-8,15,17,23H,9-14H2;1H. The predicted octanol–water partition coefficient (Wildman–Crippen LogP) is 5.77. The molecule has 4 rings (SSSR count). The fourth-order valence-corrected chi connectivity index (χ4v) is 4.10. The second-order valence-electron chi connectivity index (χ2n) is 6.78. The first-order chi connectivity index (χ1) is 11.8. The average molecular weight is 420 g/mol. The predicted molar refractivity (Wildman–Crippen MR) is 112 cm³/mol. The maximum atomic E-state index is 3.50. The van der Waals surface area contributed by atoms with Gasteiger partial charge in [0, 0.05) is 28.1 Å². The van der Waals surface area contributed by atoms with Crippen LogP contribution in [0, 0.1) is 0 Å². The van der Waals surface area contributed by atoms with E-state index in [0.717, 1.165) is 10.9 Å². The van der Waals surface area contributed by atoms with Gasteiger partial charge in [-0.15, -0.1) is 12.4 Å². The molecule has 1 aliphatic rings. The van der Waals surface area contributed by atoms with Crippen LogP contribution < -0.4 is 0 Å². The number of benzene rings is 2. The number of halogens is 2. The summed E-state index contributed by atoms with van der Waals surface area (Å²) in [6.45, 7) is 3.59. The van der Waals surface area contributed by atoms with Crippen LogP contribution in [0.15, 0.2) is 59.2 Å². The Morgan fingerprint density at radius 3 is 2.48 bits per heavy atom. The van der Waals surface area contributed by atoms with Crippen molar-refractivity contribution in [2.75, 3.05) is 19.6 Å². The highest BCUT2D eigenvalue weighted by Gasteiger charge is 2.22. The topological polar surface area (TPSA) is 19.0 Å². The Kier molecular flexibility index (Phi) is 6.21. The minimum absolute atomic E-state index is 0. The Morgan fingerprint density at radius 1 is 1.00 bits per heavy atom. The number of aromatic nitrogens is 1. The number of rotatable bonds is 4. The van der Waals surface area contributed by atoms with Crippen LogP contribution in [0.1, 0.15) is 29.9 Å². The minimum Gasteiger partial charge on any atom is -0.361 e. The molecule has 1 N–H and O–H groups in total. The van der Waals surface area contributed by atoms with Gasteiger partial charge in [0.25, 0.3) is 0 Å². The quantitative estimate of drug-likeness (QED) is 0.568. The molecule has 3 aromatic rings. The second-order valence-corrected chi connectivity index (χ2v) is 7.70. The Labute approximate surface area is 164 Å². The number of para-hydroxylation sites is 1. The molecule has 0 bridgehead atoms. The van der Waals surface area contributed by atoms with Crippen molar-refractivity contribution in [3.63, 3.8) is 0 Å². The SMILES string of the molecule is Brc1ccc(CCN2CCC(c3c[nH]c4ccccc34)CC2)cc1.Cl. The molecule has 4 heteroatoms. The van der Waals surface area contributed by atoms with Gasteiger partial charge in [-0.2, -0.15) is 0 Å². The molecule has 2 aromatic carbocycles. The van der Waals surface area contributed by atoms with Gasteiger partial charge in [-0.1, -0.05) is 46.3 Å². The van der Waals surface area contributed by atoms with Gasteiger partial charge in [0.15, 0.2) is 0 Å². The highest BCUT2D eigenvalue weighted by atomic mass is 79.9. The van der Waals surface area contributed by atoms with Gasteiger partial charge < -0.3 is 9.88 Å². The molecule has 1 aliphatic heterocycles. The van der Waals surface area contributed by atoms with Crippen molar-refractivity contribution in [3.8, 4) is 0 Å². The van der Waals surface area contributed by atoms with Crippen molar-refractivity contribution in [2.45, 2.75) is 25.2 Å². The minimum atomic E-state index is 0. The van der Waals surface area contributed by atoms with E-state index in [-0.39, 0.29) is 12.4 Å². The number of nitrogens with zero attached hydrogens (tertiary/aromatic N) is 1. The maximum Gasteiger partial charge on any atom is 0.0456 e. The van der Waals surface area contributed by atoms with E-state index in [1.807, 2.05) is 0 Å². The van der Waals surface area contributed by atoms with Crippen LogP contribution in [0.5, 0.6) is 0 Å². The number of hydrogen-bond donors (Lipinski definition) is 1. The van der Waals surface area contributed by atoms with Crippen molar-refractivity contribution >= 4 is 39.2 Å². The fourth-order valence-electron chi connectivity index (χ4n) is 3.84. The van der Waals surface area contributed by atoms with Crippen LogP contribution in [0.3, 0.4) is 0 Å². The van der Waals surface area contributed by atoms with Crippen molar-refractivity contribution < 1.29 is 0 Å². The van der Waals surface area contributed by atoms with E-state index < -0.39 is 0 Å². The third kappa shape index (κ3) is 4.28. The van der Waals surface area contributed by atoms with Gasteiger partial charge in [0.2, 0.25) is 0 Å². The van der Waals surface area contributed by atoms with E-state index in [1.165, 1.54) is 54.5 Å². The summed E-state index contributed by atoms with van der Waals surface area (Å²) in [6.07, 6.45) is 5.90.